The summed E-state index contributed by atoms with van der Waals surface area (Å²) >= 11 is 0. The van der Waals surface area contributed by atoms with Gasteiger partial charge in [-0.05, 0) is 17.7 Å². The van der Waals surface area contributed by atoms with Crippen LogP contribution >= 0.6 is 0 Å². The largest absolute Gasteiger partial charge is 0.430 e. The number of nitrogens with zero attached hydrogens (tertiary/aromatic N) is 2. The lowest BCUT2D eigenvalue weighted by Gasteiger charge is -2.32. The van der Waals surface area contributed by atoms with Crippen molar-refractivity contribution >= 4 is 11.4 Å². The summed E-state index contributed by atoms with van der Waals surface area (Å²) in [6, 6.07) is 13.4. The lowest BCUT2D eigenvalue weighted by atomic mass is 9.92. The molecule has 0 aliphatic carbocycles. The Labute approximate surface area is 155 Å². The lowest BCUT2D eigenvalue weighted by Crippen LogP contribution is -2.53. The second-order valence-corrected chi connectivity index (χ2v) is 5.73. The molecule has 0 aliphatic rings. The maximum atomic E-state index is 12.8. The molecule has 0 saturated heterocycles. The average Bonchev–Trinajstić information content (AvgIpc) is 2.64. The summed E-state index contributed by atoms with van der Waals surface area (Å²) in [5.41, 5.74) is -3.10. The van der Waals surface area contributed by atoms with Crippen LogP contribution in [0.4, 0.5) is 32.0 Å². The second kappa shape index (κ2) is 7.90. The zero-order valence-electron chi connectivity index (χ0n) is 14.0. The Morgan fingerprint density at radius 2 is 1.46 bits per heavy atom. The van der Waals surface area contributed by atoms with Crippen molar-refractivity contribution in [2.24, 2.45) is 5.10 Å². The first kappa shape index (κ1) is 21.2. The molecule has 2 aromatic carbocycles. The number of hydrogen-bond acceptors (Lipinski definition) is 4. The molecular weight excluding hydrogens is 388 g/mol. The Kier molecular flexibility index (Phi) is 5.99. The van der Waals surface area contributed by atoms with E-state index in [1.165, 1.54) is 0 Å². The minimum Gasteiger partial charge on any atom is -0.369 e. The molecule has 0 radical (unpaired) electrons. The van der Waals surface area contributed by atoms with Gasteiger partial charge in [0, 0.05) is 12.0 Å². The molecule has 0 fully saturated rings. The number of rotatable bonds is 5. The molecule has 0 saturated carbocycles. The Hall–Kier alpha value is -3.06. The van der Waals surface area contributed by atoms with Crippen LogP contribution in [0.2, 0.25) is 0 Å². The highest BCUT2D eigenvalue weighted by Crippen LogP contribution is 2.50. The smallest absolute Gasteiger partial charge is 0.369 e. The van der Waals surface area contributed by atoms with Crippen LogP contribution in [-0.4, -0.2) is 23.2 Å². The number of hydrazone groups is 1. The fourth-order valence-electron chi connectivity index (χ4n) is 2.30. The molecule has 28 heavy (non-hydrogen) atoms. The zero-order chi connectivity index (χ0) is 21.0. The van der Waals surface area contributed by atoms with E-state index >= 15 is 0 Å². The molecule has 0 unspecified atom stereocenters. The van der Waals surface area contributed by atoms with Crippen molar-refractivity contribution in [1.82, 2.24) is 0 Å². The molecular formula is C18H13F6N3O. The predicted molar refractivity (Wildman–Crippen MR) is 89.3 cm³/mol. The maximum absolute atomic E-state index is 12.8. The Balaban J connectivity index is 2.21. The van der Waals surface area contributed by atoms with Crippen LogP contribution in [0.1, 0.15) is 11.1 Å². The third kappa shape index (κ3) is 4.43. The van der Waals surface area contributed by atoms with Crippen molar-refractivity contribution in [3.8, 4) is 6.07 Å². The van der Waals surface area contributed by atoms with E-state index in [0.29, 0.717) is 12.1 Å². The molecule has 148 valence electrons. The van der Waals surface area contributed by atoms with Gasteiger partial charge in [-0.3, -0.25) is 5.43 Å². The molecule has 10 heteroatoms. The van der Waals surface area contributed by atoms with Crippen LogP contribution in [0.3, 0.4) is 0 Å². The van der Waals surface area contributed by atoms with Crippen molar-refractivity contribution in [1.29, 1.82) is 5.26 Å². The fourth-order valence-corrected chi connectivity index (χ4v) is 2.30. The monoisotopic (exact) mass is 401 g/mol. The third-order valence-electron chi connectivity index (χ3n) is 3.79. The van der Waals surface area contributed by atoms with E-state index < -0.39 is 23.5 Å². The van der Waals surface area contributed by atoms with Crippen LogP contribution in [-0.2, 0) is 12.0 Å². The normalized spacial score (nSPS) is 13.1. The summed E-state index contributed by atoms with van der Waals surface area (Å²) in [6.07, 6.45) is -11.7. The topological polar surface area (TPSA) is 68.4 Å². The third-order valence-corrected chi connectivity index (χ3v) is 3.79. The van der Waals surface area contributed by atoms with Gasteiger partial charge in [0.15, 0.2) is 0 Å². The van der Waals surface area contributed by atoms with Gasteiger partial charge in [0.2, 0.25) is 0 Å². The van der Waals surface area contributed by atoms with Crippen molar-refractivity contribution in [3.63, 3.8) is 0 Å². The molecule has 0 aliphatic heterocycles. The quantitative estimate of drug-likeness (QED) is 0.439. The average molecular weight is 401 g/mol. The Morgan fingerprint density at radius 3 is 1.93 bits per heavy atom. The highest BCUT2D eigenvalue weighted by atomic mass is 19.4. The summed E-state index contributed by atoms with van der Waals surface area (Å²) in [6.45, 7) is 0. The molecule has 0 amide bonds. The first-order valence-electron chi connectivity index (χ1n) is 7.72. The van der Waals surface area contributed by atoms with Crippen LogP contribution in [0.15, 0.2) is 59.7 Å². The molecule has 0 atom stereocenters. The first-order valence-corrected chi connectivity index (χ1v) is 7.72. The van der Waals surface area contributed by atoms with E-state index in [2.05, 4.69) is 10.5 Å². The van der Waals surface area contributed by atoms with E-state index in [4.69, 9.17) is 5.26 Å². The summed E-state index contributed by atoms with van der Waals surface area (Å²) in [5, 5.41) is 22.2. The van der Waals surface area contributed by atoms with Crippen molar-refractivity contribution < 1.29 is 31.4 Å². The first-order chi connectivity index (χ1) is 13.0. The lowest BCUT2D eigenvalue weighted by molar-refractivity contribution is -0.376. The molecule has 2 rings (SSSR count). The zero-order valence-corrected chi connectivity index (χ0v) is 14.0. The summed E-state index contributed by atoms with van der Waals surface area (Å²) in [5.74, 6) is 0. The van der Waals surface area contributed by atoms with E-state index in [9.17, 15) is 31.4 Å². The van der Waals surface area contributed by atoms with Crippen LogP contribution in [0.5, 0.6) is 0 Å². The van der Waals surface area contributed by atoms with Gasteiger partial charge in [-0.2, -0.15) is 36.7 Å². The van der Waals surface area contributed by atoms with Gasteiger partial charge in [-0.25, -0.2) is 0 Å². The molecule has 0 spiro atoms. The standard InChI is InChI=1S/C18H13F6N3O/c19-17(20,21)16(28,18(22,23)24)13-6-8-14(9-7-13)26-27-15(11-25)10-12-4-2-1-3-5-12/h1-9,26,28H,10H2. The Bertz CT molecular complexity index is 853. The van der Waals surface area contributed by atoms with Gasteiger partial charge in [0.05, 0.1) is 5.69 Å². The summed E-state index contributed by atoms with van der Waals surface area (Å²) < 4.78 is 77.1. The maximum Gasteiger partial charge on any atom is 0.430 e. The molecule has 0 aromatic heterocycles. The number of halogens is 6. The van der Waals surface area contributed by atoms with Gasteiger partial charge in [-0.1, -0.05) is 42.5 Å². The SMILES string of the molecule is N#CC(Cc1ccccc1)=NNc1ccc(C(O)(C(F)(F)F)C(F)(F)F)cc1. The van der Waals surface area contributed by atoms with E-state index in [1.54, 1.807) is 30.3 Å². The van der Waals surface area contributed by atoms with E-state index in [0.717, 1.165) is 17.7 Å². The highest BCUT2D eigenvalue weighted by molar-refractivity contribution is 6.00. The number of alkyl halides is 6. The van der Waals surface area contributed by atoms with Crippen LogP contribution in [0, 0.1) is 11.3 Å². The van der Waals surface area contributed by atoms with Crippen molar-refractivity contribution in [2.45, 2.75) is 24.4 Å². The molecule has 4 nitrogen and oxygen atoms in total. The van der Waals surface area contributed by atoms with Crippen LogP contribution < -0.4 is 5.43 Å². The van der Waals surface area contributed by atoms with E-state index in [-0.39, 0.29) is 17.8 Å². The van der Waals surface area contributed by atoms with Gasteiger partial charge in [-0.15, -0.1) is 0 Å². The summed E-state index contributed by atoms with van der Waals surface area (Å²) in [7, 11) is 0. The predicted octanol–water partition coefficient (Wildman–Crippen LogP) is 4.53. The van der Waals surface area contributed by atoms with Gasteiger partial charge >= 0.3 is 12.4 Å². The van der Waals surface area contributed by atoms with Gasteiger partial charge < -0.3 is 5.11 Å². The fraction of sp³-hybridized carbons (Fsp3) is 0.222. The second-order valence-electron chi connectivity index (χ2n) is 5.73. The molecule has 2 N–H and O–H groups in total. The highest BCUT2D eigenvalue weighted by Gasteiger charge is 2.71. The van der Waals surface area contributed by atoms with Crippen LogP contribution in [0.25, 0.3) is 0 Å². The number of hydrogen-bond donors (Lipinski definition) is 2. The molecule has 0 heterocycles. The number of nitrogens with one attached hydrogen (secondary N) is 1. The van der Waals surface area contributed by atoms with Gasteiger partial charge in [0.1, 0.15) is 11.8 Å². The number of anilines is 1. The molecule has 2 aromatic rings. The Morgan fingerprint density at radius 1 is 0.929 bits per heavy atom. The summed E-state index contributed by atoms with van der Waals surface area (Å²) in [4.78, 5) is 0. The number of benzene rings is 2. The number of nitriles is 1. The van der Waals surface area contributed by atoms with Gasteiger partial charge in [0.25, 0.3) is 5.60 Å². The molecule has 0 bridgehead atoms. The number of aliphatic hydroxyl groups is 1. The van der Waals surface area contributed by atoms with Crippen molar-refractivity contribution in [2.75, 3.05) is 5.43 Å². The van der Waals surface area contributed by atoms with E-state index in [1.807, 2.05) is 6.07 Å². The minimum absolute atomic E-state index is 0.0382. The minimum atomic E-state index is -5.96. The van der Waals surface area contributed by atoms with Crippen molar-refractivity contribution in [3.05, 3.63) is 65.7 Å².